The van der Waals surface area contributed by atoms with E-state index in [1.54, 1.807) is 0 Å². The molecular formula is C11H14ClN3O. The van der Waals surface area contributed by atoms with E-state index in [4.69, 9.17) is 22.1 Å². The Labute approximate surface area is 99.7 Å². The standard InChI is InChI=1S/C11H14ClN3O/c1-15(6-9-7-16-11(13)14-9)10-4-2-8(12)3-5-10/h2-5,9H,6-7H2,1H3,(H2,13,14). The maximum absolute atomic E-state index is 5.83. The van der Waals surface area contributed by atoms with Crippen LogP contribution in [0.1, 0.15) is 0 Å². The van der Waals surface area contributed by atoms with Gasteiger partial charge in [-0.15, -0.1) is 0 Å². The van der Waals surface area contributed by atoms with Crippen molar-refractivity contribution in [1.82, 2.24) is 0 Å². The van der Waals surface area contributed by atoms with E-state index in [1.165, 1.54) is 0 Å². The minimum atomic E-state index is 0.112. The zero-order chi connectivity index (χ0) is 11.5. The van der Waals surface area contributed by atoms with Gasteiger partial charge in [0.1, 0.15) is 12.6 Å². The fourth-order valence-corrected chi connectivity index (χ4v) is 1.77. The van der Waals surface area contributed by atoms with Crippen LogP contribution in [0.25, 0.3) is 0 Å². The van der Waals surface area contributed by atoms with E-state index >= 15 is 0 Å². The Hall–Kier alpha value is -1.42. The molecule has 0 spiro atoms. The van der Waals surface area contributed by atoms with E-state index < -0.39 is 0 Å². The van der Waals surface area contributed by atoms with E-state index in [1.807, 2.05) is 31.3 Å². The first kappa shape index (κ1) is 11.1. The van der Waals surface area contributed by atoms with Crippen molar-refractivity contribution in [1.29, 1.82) is 0 Å². The molecule has 0 fully saturated rings. The molecule has 1 heterocycles. The van der Waals surface area contributed by atoms with Crippen molar-refractivity contribution in [2.75, 3.05) is 25.1 Å². The van der Waals surface area contributed by atoms with Crippen LogP contribution in [-0.2, 0) is 4.74 Å². The quantitative estimate of drug-likeness (QED) is 0.870. The van der Waals surface area contributed by atoms with Crippen LogP contribution >= 0.6 is 11.6 Å². The number of benzene rings is 1. The number of nitrogens with zero attached hydrogens (tertiary/aromatic N) is 2. The van der Waals surface area contributed by atoms with Crippen LogP contribution < -0.4 is 10.6 Å². The lowest BCUT2D eigenvalue weighted by molar-refractivity contribution is 0.314. The molecule has 1 unspecified atom stereocenters. The largest absolute Gasteiger partial charge is 0.463 e. The summed E-state index contributed by atoms with van der Waals surface area (Å²) in [5.74, 6) is 0. The summed E-state index contributed by atoms with van der Waals surface area (Å²) in [5.41, 5.74) is 6.55. The summed E-state index contributed by atoms with van der Waals surface area (Å²) in [6.07, 6.45) is 0. The highest BCUT2D eigenvalue weighted by Gasteiger charge is 2.18. The minimum absolute atomic E-state index is 0.112. The van der Waals surface area contributed by atoms with Gasteiger partial charge in [-0.25, -0.2) is 4.99 Å². The second-order valence-corrected chi connectivity index (χ2v) is 4.23. The molecule has 2 rings (SSSR count). The Morgan fingerprint density at radius 1 is 1.50 bits per heavy atom. The molecule has 2 N–H and O–H groups in total. The molecule has 0 saturated heterocycles. The van der Waals surface area contributed by atoms with Crippen molar-refractivity contribution >= 4 is 23.3 Å². The second-order valence-electron chi connectivity index (χ2n) is 3.79. The van der Waals surface area contributed by atoms with Crippen LogP contribution in [0.4, 0.5) is 5.69 Å². The molecule has 86 valence electrons. The van der Waals surface area contributed by atoms with Gasteiger partial charge in [0.15, 0.2) is 0 Å². The van der Waals surface area contributed by atoms with Crippen LogP contribution in [0, 0.1) is 0 Å². The number of rotatable bonds is 3. The number of likely N-dealkylation sites (N-methyl/N-ethyl adjacent to an activating group) is 1. The zero-order valence-corrected chi connectivity index (χ0v) is 9.81. The second kappa shape index (κ2) is 4.61. The molecule has 16 heavy (non-hydrogen) atoms. The minimum Gasteiger partial charge on any atom is -0.463 e. The number of hydrogen-bond acceptors (Lipinski definition) is 4. The number of nitrogens with two attached hydrogens (primary N) is 1. The Morgan fingerprint density at radius 3 is 2.75 bits per heavy atom. The predicted octanol–water partition coefficient (Wildman–Crippen LogP) is 1.49. The van der Waals surface area contributed by atoms with Gasteiger partial charge in [-0.3, -0.25) is 0 Å². The van der Waals surface area contributed by atoms with Crippen molar-refractivity contribution in [2.24, 2.45) is 10.7 Å². The van der Waals surface area contributed by atoms with Crippen molar-refractivity contribution in [3.05, 3.63) is 29.3 Å². The van der Waals surface area contributed by atoms with Crippen LogP contribution in [0.2, 0.25) is 5.02 Å². The third-order valence-electron chi connectivity index (χ3n) is 2.49. The first-order valence-electron chi connectivity index (χ1n) is 5.08. The fourth-order valence-electron chi connectivity index (χ4n) is 1.65. The molecule has 1 atom stereocenters. The van der Waals surface area contributed by atoms with Gasteiger partial charge in [0, 0.05) is 24.3 Å². The van der Waals surface area contributed by atoms with Crippen LogP contribution in [-0.4, -0.2) is 32.3 Å². The summed E-state index contributed by atoms with van der Waals surface area (Å²) in [6.45, 7) is 1.34. The van der Waals surface area contributed by atoms with Crippen LogP contribution in [0.3, 0.4) is 0 Å². The lowest BCUT2D eigenvalue weighted by atomic mass is 10.2. The predicted molar refractivity (Wildman–Crippen MR) is 66.1 cm³/mol. The molecule has 1 aromatic carbocycles. The van der Waals surface area contributed by atoms with Gasteiger partial charge in [0.25, 0.3) is 6.02 Å². The lowest BCUT2D eigenvalue weighted by Gasteiger charge is -2.20. The molecular weight excluding hydrogens is 226 g/mol. The van der Waals surface area contributed by atoms with Gasteiger partial charge in [0.2, 0.25) is 0 Å². The topological polar surface area (TPSA) is 50.9 Å². The van der Waals surface area contributed by atoms with Gasteiger partial charge >= 0.3 is 0 Å². The van der Waals surface area contributed by atoms with Gasteiger partial charge in [-0.2, -0.15) is 0 Å². The van der Waals surface area contributed by atoms with Gasteiger partial charge in [-0.05, 0) is 24.3 Å². The molecule has 0 bridgehead atoms. The molecule has 5 heteroatoms. The van der Waals surface area contributed by atoms with Gasteiger partial charge < -0.3 is 15.4 Å². The van der Waals surface area contributed by atoms with Crippen molar-refractivity contribution in [3.8, 4) is 0 Å². The summed E-state index contributed by atoms with van der Waals surface area (Å²) in [5, 5.41) is 0.739. The molecule has 1 aromatic rings. The first-order valence-corrected chi connectivity index (χ1v) is 5.46. The van der Waals surface area contributed by atoms with Gasteiger partial charge in [-0.1, -0.05) is 11.6 Å². The zero-order valence-electron chi connectivity index (χ0n) is 9.06. The summed E-state index contributed by atoms with van der Waals surface area (Å²) < 4.78 is 5.10. The summed E-state index contributed by atoms with van der Waals surface area (Å²) in [7, 11) is 2.01. The number of amidine groups is 1. The highest BCUT2D eigenvalue weighted by atomic mass is 35.5. The molecule has 1 aliphatic heterocycles. The molecule has 0 amide bonds. The first-order chi connectivity index (χ1) is 7.65. The molecule has 0 aliphatic carbocycles. The molecule has 4 nitrogen and oxygen atoms in total. The van der Waals surface area contributed by atoms with Crippen LogP contribution in [0.15, 0.2) is 29.3 Å². The Kier molecular flexibility index (Phi) is 3.19. The molecule has 0 radical (unpaired) electrons. The highest BCUT2D eigenvalue weighted by molar-refractivity contribution is 6.30. The van der Waals surface area contributed by atoms with Gasteiger partial charge in [0.05, 0.1) is 0 Å². The van der Waals surface area contributed by atoms with E-state index in [9.17, 15) is 0 Å². The smallest absolute Gasteiger partial charge is 0.282 e. The summed E-state index contributed by atoms with van der Waals surface area (Å²) >= 11 is 5.83. The SMILES string of the molecule is CN(CC1COC(N)=N1)c1ccc(Cl)cc1. The average molecular weight is 240 g/mol. The monoisotopic (exact) mass is 239 g/mol. The number of aliphatic imine (C=N–C) groups is 1. The van der Waals surface area contributed by atoms with Crippen molar-refractivity contribution in [2.45, 2.75) is 6.04 Å². The average Bonchev–Trinajstić information content (AvgIpc) is 2.65. The Balaban J connectivity index is 1.97. The third kappa shape index (κ3) is 2.58. The lowest BCUT2D eigenvalue weighted by Crippen LogP contribution is -2.28. The van der Waals surface area contributed by atoms with E-state index in [-0.39, 0.29) is 12.1 Å². The number of hydrogen-bond donors (Lipinski definition) is 1. The number of halogens is 1. The van der Waals surface area contributed by atoms with Crippen molar-refractivity contribution < 1.29 is 4.74 Å². The highest BCUT2D eigenvalue weighted by Crippen LogP contribution is 2.17. The van der Waals surface area contributed by atoms with E-state index in [2.05, 4.69) is 9.89 Å². The Morgan fingerprint density at radius 2 is 2.19 bits per heavy atom. The van der Waals surface area contributed by atoms with Crippen molar-refractivity contribution in [3.63, 3.8) is 0 Å². The maximum Gasteiger partial charge on any atom is 0.282 e. The summed E-state index contributed by atoms with van der Waals surface area (Å²) in [6, 6.07) is 8.10. The van der Waals surface area contributed by atoms with E-state index in [0.29, 0.717) is 6.61 Å². The van der Waals surface area contributed by atoms with Crippen LogP contribution in [0.5, 0.6) is 0 Å². The maximum atomic E-state index is 5.83. The normalized spacial score (nSPS) is 19.1. The molecule has 0 saturated carbocycles. The van der Waals surface area contributed by atoms with E-state index in [0.717, 1.165) is 17.3 Å². The Bertz CT molecular complexity index is 391. The molecule has 1 aliphatic rings. The number of ether oxygens (including phenoxy) is 1. The summed E-state index contributed by atoms with van der Waals surface area (Å²) in [4.78, 5) is 6.28. The fraction of sp³-hybridized carbons (Fsp3) is 0.364. The number of anilines is 1. The third-order valence-corrected chi connectivity index (χ3v) is 2.74. The molecule has 0 aromatic heterocycles.